The molecule has 0 saturated heterocycles. The van der Waals surface area contributed by atoms with Crippen molar-refractivity contribution in [2.75, 3.05) is 24.7 Å². The Kier molecular flexibility index (Phi) is 3.31. The summed E-state index contributed by atoms with van der Waals surface area (Å²) in [7, 11) is 3.39. The molecule has 3 N–H and O–H groups in total. The first-order chi connectivity index (χ1) is 8.65. The Morgan fingerprint density at radius 3 is 2.89 bits per heavy atom. The summed E-state index contributed by atoms with van der Waals surface area (Å²) in [6.07, 6.45) is 5.35. The van der Waals surface area contributed by atoms with Crippen LogP contribution in [0.2, 0.25) is 0 Å². The highest BCUT2D eigenvalue weighted by Crippen LogP contribution is 2.16. The van der Waals surface area contributed by atoms with E-state index in [-0.39, 0.29) is 11.9 Å². The number of carbonyl (C=O) groups is 1. The minimum atomic E-state index is -0.380. The SMILES string of the molecule is CNC(=O)C(C)Nc1nc(NC)cn2ccnc12. The summed E-state index contributed by atoms with van der Waals surface area (Å²) < 4.78 is 1.84. The van der Waals surface area contributed by atoms with Crippen LogP contribution in [0.3, 0.4) is 0 Å². The molecule has 0 aromatic carbocycles. The van der Waals surface area contributed by atoms with Gasteiger partial charge in [0.1, 0.15) is 11.9 Å². The maximum Gasteiger partial charge on any atom is 0.241 e. The van der Waals surface area contributed by atoms with Crippen LogP contribution >= 0.6 is 0 Å². The van der Waals surface area contributed by atoms with Crippen molar-refractivity contribution in [2.45, 2.75) is 13.0 Å². The Morgan fingerprint density at radius 1 is 1.44 bits per heavy atom. The largest absolute Gasteiger partial charge is 0.372 e. The van der Waals surface area contributed by atoms with E-state index in [1.807, 2.05) is 16.8 Å². The molecular formula is C11H16N6O. The molecule has 1 amide bonds. The van der Waals surface area contributed by atoms with Gasteiger partial charge in [-0.05, 0) is 6.92 Å². The predicted octanol–water partition coefficient (Wildman–Crippen LogP) is 0.317. The molecule has 0 aliphatic rings. The molecule has 0 aliphatic heterocycles. The van der Waals surface area contributed by atoms with Crippen LogP contribution < -0.4 is 16.0 Å². The van der Waals surface area contributed by atoms with E-state index >= 15 is 0 Å². The van der Waals surface area contributed by atoms with Gasteiger partial charge in [-0.2, -0.15) is 0 Å². The molecule has 0 bridgehead atoms. The Hall–Kier alpha value is -2.31. The third-order valence-electron chi connectivity index (χ3n) is 2.62. The first-order valence-corrected chi connectivity index (χ1v) is 5.65. The number of aromatic nitrogens is 3. The van der Waals surface area contributed by atoms with Crippen molar-refractivity contribution in [3.63, 3.8) is 0 Å². The molecule has 2 aromatic heterocycles. The lowest BCUT2D eigenvalue weighted by molar-refractivity contribution is -0.121. The average Bonchev–Trinajstić information content (AvgIpc) is 2.85. The van der Waals surface area contributed by atoms with E-state index in [4.69, 9.17) is 0 Å². The van der Waals surface area contributed by atoms with Crippen molar-refractivity contribution < 1.29 is 4.79 Å². The van der Waals surface area contributed by atoms with Gasteiger partial charge in [-0.25, -0.2) is 9.97 Å². The highest BCUT2D eigenvalue weighted by molar-refractivity contribution is 5.84. The Morgan fingerprint density at radius 2 is 2.22 bits per heavy atom. The topological polar surface area (TPSA) is 83.3 Å². The number of anilines is 2. The van der Waals surface area contributed by atoms with Gasteiger partial charge in [0.15, 0.2) is 11.5 Å². The van der Waals surface area contributed by atoms with Crippen LogP contribution in [0.5, 0.6) is 0 Å². The lowest BCUT2D eigenvalue weighted by Crippen LogP contribution is -2.35. The van der Waals surface area contributed by atoms with Crippen molar-refractivity contribution in [2.24, 2.45) is 0 Å². The van der Waals surface area contributed by atoms with Crippen LogP contribution in [0.25, 0.3) is 5.65 Å². The maximum atomic E-state index is 11.5. The number of imidazole rings is 1. The second-order valence-electron chi connectivity index (χ2n) is 3.86. The third kappa shape index (κ3) is 2.20. The van der Waals surface area contributed by atoms with Gasteiger partial charge in [0, 0.05) is 26.5 Å². The molecule has 2 aromatic rings. The molecular weight excluding hydrogens is 232 g/mol. The van der Waals surface area contributed by atoms with Crippen molar-refractivity contribution in [1.82, 2.24) is 19.7 Å². The van der Waals surface area contributed by atoms with Crippen LogP contribution in [0.1, 0.15) is 6.92 Å². The van der Waals surface area contributed by atoms with Crippen molar-refractivity contribution >= 4 is 23.2 Å². The summed E-state index contributed by atoms with van der Waals surface area (Å²) in [6.45, 7) is 1.77. The molecule has 7 heteroatoms. The number of nitrogens with zero attached hydrogens (tertiary/aromatic N) is 3. The number of fused-ring (bicyclic) bond motifs is 1. The lowest BCUT2D eigenvalue weighted by atomic mass is 10.3. The van der Waals surface area contributed by atoms with Crippen molar-refractivity contribution in [3.05, 3.63) is 18.6 Å². The van der Waals surface area contributed by atoms with Gasteiger partial charge in [-0.1, -0.05) is 0 Å². The average molecular weight is 248 g/mol. The fourth-order valence-electron chi connectivity index (χ4n) is 1.64. The molecule has 2 rings (SSSR count). The third-order valence-corrected chi connectivity index (χ3v) is 2.62. The Labute approximate surface area is 105 Å². The highest BCUT2D eigenvalue weighted by atomic mass is 16.2. The number of rotatable bonds is 4. The highest BCUT2D eigenvalue weighted by Gasteiger charge is 2.14. The fraction of sp³-hybridized carbons (Fsp3) is 0.364. The second kappa shape index (κ2) is 4.91. The number of carbonyl (C=O) groups excluding carboxylic acids is 1. The Bertz CT molecular complexity index is 564. The van der Waals surface area contributed by atoms with Crippen LogP contribution in [-0.4, -0.2) is 40.4 Å². The summed E-state index contributed by atoms with van der Waals surface area (Å²) in [5.74, 6) is 1.17. The van der Waals surface area contributed by atoms with Gasteiger partial charge in [-0.15, -0.1) is 0 Å². The maximum absolute atomic E-state index is 11.5. The zero-order valence-electron chi connectivity index (χ0n) is 10.6. The lowest BCUT2D eigenvalue weighted by Gasteiger charge is -2.14. The number of hydrogen-bond donors (Lipinski definition) is 3. The molecule has 0 saturated carbocycles. The molecule has 18 heavy (non-hydrogen) atoms. The molecule has 0 fully saturated rings. The predicted molar refractivity (Wildman–Crippen MR) is 69.7 cm³/mol. The minimum Gasteiger partial charge on any atom is -0.372 e. The van der Waals surface area contributed by atoms with Crippen LogP contribution in [0, 0.1) is 0 Å². The summed E-state index contributed by atoms with van der Waals surface area (Å²) in [4.78, 5) is 20.1. The van der Waals surface area contributed by atoms with E-state index in [1.165, 1.54) is 0 Å². The van der Waals surface area contributed by atoms with Crippen LogP contribution in [0.4, 0.5) is 11.6 Å². The molecule has 96 valence electrons. The number of hydrogen-bond acceptors (Lipinski definition) is 5. The molecule has 7 nitrogen and oxygen atoms in total. The molecule has 0 radical (unpaired) electrons. The summed E-state index contributed by atoms with van der Waals surface area (Å²) >= 11 is 0. The fourth-order valence-corrected chi connectivity index (χ4v) is 1.64. The molecule has 0 aliphatic carbocycles. The normalized spacial score (nSPS) is 12.2. The first kappa shape index (κ1) is 12.2. The van der Waals surface area contributed by atoms with E-state index in [0.717, 1.165) is 0 Å². The quantitative estimate of drug-likeness (QED) is 0.725. The molecule has 1 unspecified atom stereocenters. The van der Waals surface area contributed by atoms with E-state index in [2.05, 4.69) is 25.9 Å². The summed E-state index contributed by atoms with van der Waals surface area (Å²) in [5, 5.41) is 8.60. The molecule has 1 atom stereocenters. The van der Waals surface area contributed by atoms with Crippen molar-refractivity contribution in [3.8, 4) is 0 Å². The summed E-state index contributed by atoms with van der Waals surface area (Å²) in [5.41, 5.74) is 0.685. The smallest absolute Gasteiger partial charge is 0.241 e. The second-order valence-corrected chi connectivity index (χ2v) is 3.86. The van der Waals surface area contributed by atoms with Crippen LogP contribution in [0.15, 0.2) is 18.6 Å². The zero-order valence-corrected chi connectivity index (χ0v) is 10.6. The molecule has 0 spiro atoms. The Balaban J connectivity index is 2.36. The number of nitrogens with one attached hydrogen (secondary N) is 3. The van der Waals surface area contributed by atoms with Gasteiger partial charge in [0.2, 0.25) is 5.91 Å². The first-order valence-electron chi connectivity index (χ1n) is 5.65. The van der Waals surface area contributed by atoms with Crippen LogP contribution in [-0.2, 0) is 4.79 Å². The number of amides is 1. The van der Waals surface area contributed by atoms with E-state index in [1.54, 1.807) is 27.2 Å². The van der Waals surface area contributed by atoms with Gasteiger partial charge in [0.05, 0.1) is 6.20 Å². The van der Waals surface area contributed by atoms with Gasteiger partial charge in [0.25, 0.3) is 0 Å². The minimum absolute atomic E-state index is 0.101. The van der Waals surface area contributed by atoms with Gasteiger partial charge in [-0.3, -0.25) is 4.79 Å². The van der Waals surface area contributed by atoms with Gasteiger partial charge >= 0.3 is 0 Å². The van der Waals surface area contributed by atoms with Gasteiger partial charge < -0.3 is 20.4 Å². The molecule has 2 heterocycles. The monoisotopic (exact) mass is 248 g/mol. The zero-order chi connectivity index (χ0) is 13.1. The van der Waals surface area contributed by atoms with E-state index in [9.17, 15) is 4.79 Å². The van der Waals surface area contributed by atoms with E-state index in [0.29, 0.717) is 17.3 Å². The van der Waals surface area contributed by atoms with E-state index < -0.39 is 0 Å². The van der Waals surface area contributed by atoms with Crippen molar-refractivity contribution in [1.29, 1.82) is 0 Å². The standard InChI is InChI=1S/C11H16N6O/c1-7(11(18)13-3)15-9-10-14-4-5-17(10)6-8(12-2)16-9/h4-7,12H,1-3H3,(H,13,18)(H,15,16). The summed E-state index contributed by atoms with van der Waals surface area (Å²) in [6, 6.07) is -0.380. The number of likely N-dealkylation sites (N-methyl/N-ethyl adjacent to an activating group) is 1.